The fourth-order valence-corrected chi connectivity index (χ4v) is 2.18. The van der Waals surface area contributed by atoms with E-state index in [4.69, 9.17) is 0 Å². The Morgan fingerprint density at radius 2 is 2.15 bits per heavy atom. The zero-order valence-electron chi connectivity index (χ0n) is 11.5. The van der Waals surface area contributed by atoms with Crippen LogP contribution in [0.25, 0.3) is 0 Å². The Hall–Kier alpha value is -1.25. The highest BCUT2D eigenvalue weighted by Crippen LogP contribution is 2.30. The van der Waals surface area contributed by atoms with Gasteiger partial charge in [0.2, 0.25) is 0 Å². The predicted octanol–water partition coefficient (Wildman–Crippen LogP) is 2.22. The van der Waals surface area contributed by atoms with Gasteiger partial charge in [0.15, 0.2) is 0 Å². The van der Waals surface area contributed by atoms with Crippen molar-refractivity contribution in [1.29, 1.82) is 0 Å². The minimum atomic E-state index is -1.10. The van der Waals surface area contributed by atoms with Gasteiger partial charge in [-0.1, -0.05) is 0 Å². The van der Waals surface area contributed by atoms with E-state index in [2.05, 4.69) is 21.2 Å². The Labute approximate surface area is 124 Å². The van der Waals surface area contributed by atoms with Crippen LogP contribution in [-0.4, -0.2) is 47.7 Å². The van der Waals surface area contributed by atoms with E-state index in [0.717, 1.165) is 12.1 Å². The van der Waals surface area contributed by atoms with Gasteiger partial charge in [-0.3, -0.25) is 10.1 Å². The number of aliphatic hydroxyl groups is 1. The van der Waals surface area contributed by atoms with Crippen LogP contribution in [-0.2, 0) is 0 Å². The second kappa shape index (κ2) is 6.47. The number of benzene rings is 1. The molecule has 8 heteroatoms. The van der Waals surface area contributed by atoms with Crippen LogP contribution < -0.4 is 5.32 Å². The van der Waals surface area contributed by atoms with E-state index in [1.54, 1.807) is 25.9 Å². The van der Waals surface area contributed by atoms with Crippen molar-refractivity contribution in [3.05, 3.63) is 32.5 Å². The number of rotatable bonds is 6. The van der Waals surface area contributed by atoms with Gasteiger partial charge in [-0.2, -0.15) is 0 Å². The van der Waals surface area contributed by atoms with Crippen molar-refractivity contribution in [2.45, 2.75) is 12.5 Å². The first-order valence-corrected chi connectivity index (χ1v) is 6.66. The molecule has 0 aliphatic carbocycles. The first kappa shape index (κ1) is 16.8. The molecule has 2 N–H and O–H groups in total. The average Bonchev–Trinajstić information content (AvgIpc) is 2.28. The Balaban J connectivity index is 2.92. The predicted molar refractivity (Wildman–Crippen MR) is 78.4 cm³/mol. The van der Waals surface area contributed by atoms with Crippen molar-refractivity contribution in [2.75, 3.05) is 32.5 Å². The Kier molecular flexibility index (Phi) is 5.43. The summed E-state index contributed by atoms with van der Waals surface area (Å²) in [6.07, 6.45) is 0. The third kappa shape index (κ3) is 4.69. The van der Waals surface area contributed by atoms with E-state index >= 15 is 0 Å². The maximum atomic E-state index is 13.5. The van der Waals surface area contributed by atoms with Gasteiger partial charge in [-0.15, -0.1) is 0 Å². The highest BCUT2D eigenvalue weighted by molar-refractivity contribution is 9.10. The third-order valence-electron chi connectivity index (χ3n) is 2.55. The molecule has 1 aromatic carbocycles. The molecule has 0 fully saturated rings. The molecule has 20 heavy (non-hydrogen) atoms. The molecule has 0 heterocycles. The summed E-state index contributed by atoms with van der Waals surface area (Å²) in [6, 6.07) is 2.13. The lowest BCUT2D eigenvalue weighted by molar-refractivity contribution is -0.384. The van der Waals surface area contributed by atoms with Crippen LogP contribution in [0.4, 0.5) is 15.8 Å². The molecule has 0 bridgehead atoms. The molecule has 0 spiro atoms. The molecular formula is C12H17BrFN3O3. The van der Waals surface area contributed by atoms with Gasteiger partial charge in [0, 0.05) is 25.2 Å². The topological polar surface area (TPSA) is 78.6 Å². The first-order chi connectivity index (χ1) is 9.12. The minimum Gasteiger partial charge on any atom is -0.387 e. The summed E-state index contributed by atoms with van der Waals surface area (Å²) in [6.45, 7) is 2.03. The molecular weight excluding hydrogens is 333 g/mol. The van der Waals surface area contributed by atoms with E-state index in [9.17, 15) is 19.6 Å². The summed E-state index contributed by atoms with van der Waals surface area (Å²) in [7, 11) is 3.60. The number of nitrogens with one attached hydrogen (secondary N) is 1. The molecule has 1 rings (SSSR count). The maximum Gasteiger partial charge on any atom is 0.293 e. The zero-order valence-corrected chi connectivity index (χ0v) is 13.1. The second-order valence-electron chi connectivity index (χ2n) is 5.13. The third-order valence-corrected chi connectivity index (χ3v) is 3.16. The molecule has 0 saturated heterocycles. The van der Waals surface area contributed by atoms with Gasteiger partial charge in [0.25, 0.3) is 5.69 Å². The lowest BCUT2D eigenvalue weighted by atomic mass is 10.1. The van der Waals surface area contributed by atoms with Crippen LogP contribution in [0.1, 0.15) is 6.92 Å². The van der Waals surface area contributed by atoms with Crippen molar-refractivity contribution in [3.63, 3.8) is 0 Å². The van der Waals surface area contributed by atoms with Gasteiger partial charge in [-0.25, -0.2) is 4.39 Å². The van der Waals surface area contributed by atoms with Crippen molar-refractivity contribution in [2.24, 2.45) is 0 Å². The Bertz CT molecular complexity index is 509. The number of halogens is 2. The van der Waals surface area contributed by atoms with Gasteiger partial charge in [-0.05, 0) is 36.9 Å². The van der Waals surface area contributed by atoms with Crippen LogP contribution >= 0.6 is 15.9 Å². The molecule has 1 atom stereocenters. The molecule has 112 valence electrons. The first-order valence-electron chi connectivity index (χ1n) is 5.87. The molecule has 0 aromatic heterocycles. The molecule has 0 amide bonds. The normalized spacial score (nSPS) is 14.2. The minimum absolute atomic E-state index is 0.0230. The van der Waals surface area contributed by atoms with Crippen LogP contribution in [0.2, 0.25) is 0 Å². The van der Waals surface area contributed by atoms with Gasteiger partial charge < -0.3 is 15.3 Å². The van der Waals surface area contributed by atoms with Gasteiger partial charge in [0.05, 0.1) is 15.0 Å². The molecule has 6 nitrogen and oxygen atoms in total. The van der Waals surface area contributed by atoms with Crippen LogP contribution in [0, 0.1) is 15.9 Å². The summed E-state index contributed by atoms with van der Waals surface area (Å²) in [5, 5.41) is 23.8. The number of hydrogen-bond acceptors (Lipinski definition) is 5. The maximum absolute atomic E-state index is 13.5. The second-order valence-corrected chi connectivity index (χ2v) is 5.98. The molecule has 1 aromatic rings. The van der Waals surface area contributed by atoms with Crippen molar-refractivity contribution >= 4 is 27.3 Å². The van der Waals surface area contributed by atoms with E-state index in [0.29, 0.717) is 6.54 Å². The number of nitro benzene ring substituents is 1. The van der Waals surface area contributed by atoms with Crippen LogP contribution in [0.5, 0.6) is 0 Å². The summed E-state index contributed by atoms with van der Waals surface area (Å²) in [4.78, 5) is 12.1. The van der Waals surface area contributed by atoms with Gasteiger partial charge in [0.1, 0.15) is 11.5 Å². The van der Waals surface area contributed by atoms with E-state index in [1.807, 2.05) is 0 Å². The van der Waals surface area contributed by atoms with Gasteiger partial charge >= 0.3 is 0 Å². The SMILES string of the molecule is CN(C)CC(C)(O)CNc1cc(F)c(Br)cc1[N+](=O)[O-]. The van der Waals surface area contributed by atoms with Crippen molar-refractivity contribution < 1.29 is 14.4 Å². The number of nitrogens with zero attached hydrogens (tertiary/aromatic N) is 2. The highest BCUT2D eigenvalue weighted by atomic mass is 79.9. The smallest absolute Gasteiger partial charge is 0.293 e. The summed E-state index contributed by atoms with van der Waals surface area (Å²) in [5.74, 6) is -0.606. The fraction of sp³-hybridized carbons (Fsp3) is 0.500. The fourth-order valence-electron chi connectivity index (χ4n) is 1.85. The molecule has 0 saturated carbocycles. The number of likely N-dealkylation sites (N-methyl/N-ethyl adjacent to an activating group) is 1. The monoisotopic (exact) mass is 349 g/mol. The van der Waals surface area contributed by atoms with Crippen molar-refractivity contribution in [3.8, 4) is 0 Å². The van der Waals surface area contributed by atoms with Crippen LogP contribution in [0.15, 0.2) is 16.6 Å². The summed E-state index contributed by atoms with van der Waals surface area (Å²) >= 11 is 2.91. The lowest BCUT2D eigenvalue weighted by Crippen LogP contribution is -2.43. The standard InChI is InChI=1S/C12H17BrFN3O3/c1-12(18,7-16(2)3)6-15-10-5-9(14)8(13)4-11(10)17(19)20/h4-5,15,18H,6-7H2,1-3H3. The molecule has 1 unspecified atom stereocenters. The highest BCUT2D eigenvalue weighted by Gasteiger charge is 2.24. The van der Waals surface area contributed by atoms with E-state index in [1.165, 1.54) is 0 Å². The Morgan fingerprint density at radius 3 is 2.65 bits per heavy atom. The lowest BCUT2D eigenvalue weighted by Gasteiger charge is -2.27. The quantitative estimate of drug-likeness (QED) is 0.608. The Morgan fingerprint density at radius 1 is 1.55 bits per heavy atom. The van der Waals surface area contributed by atoms with Crippen molar-refractivity contribution in [1.82, 2.24) is 4.90 Å². The summed E-state index contributed by atoms with van der Waals surface area (Å²) in [5.41, 5.74) is -1.31. The van der Waals surface area contributed by atoms with E-state index in [-0.39, 0.29) is 22.4 Å². The number of anilines is 1. The van der Waals surface area contributed by atoms with E-state index < -0.39 is 16.3 Å². The summed E-state index contributed by atoms with van der Waals surface area (Å²) < 4.78 is 13.5. The molecule has 0 aliphatic heterocycles. The largest absolute Gasteiger partial charge is 0.387 e. The number of hydrogen-bond donors (Lipinski definition) is 2. The van der Waals surface area contributed by atoms with Crippen LogP contribution in [0.3, 0.4) is 0 Å². The molecule has 0 aliphatic rings. The average molecular weight is 350 g/mol. The molecule has 0 radical (unpaired) electrons. The number of nitro groups is 1. The zero-order chi connectivity index (χ0) is 15.5.